The number of unbranched alkanes of at least 4 members (excludes halogenated alkanes) is 14. The molecule has 0 aliphatic heterocycles. The number of ether oxygens (including phenoxy) is 2. The van der Waals surface area contributed by atoms with Gasteiger partial charge in [0.2, 0.25) is 0 Å². The molecule has 6 N–H and O–H groups in total. The molecule has 0 aromatic rings. The van der Waals surface area contributed by atoms with E-state index in [1.807, 2.05) is 6.08 Å². The second-order valence-corrected chi connectivity index (χ2v) is 17.4. The number of aliphatic hydroxyl groups is 3. The predicted octanol–water partition coefficient (Wildman–Crippen LogP) is 7.58. The van der Waals surface area contributed by atoms with Crippen LogP contribution in [-0.4, -0.2) is 92.8 Å². The Hall–Kier alpha value is -1.22. The highest BCUT2D eigenvalue weighted by Crippen LogP contribution is 2.43. The van der Waals surface area contributed by atoms with E-state index >= 15 is 0 Å². The number of phosphoric acid groups is 2. The van der Waals surface area contributed by atoms with E-state index in [4.69, 9.17) is 23.8 Å². The van der Waals surface area contributed by atoms with Gasteiger partial charge in [0.05, 0.1) is 32.0 Å². The quantitative estimate of drug-likeness (QED) is 0.0152. The first-order chi connectivity index (χ1) is 26.0. The lowest BCUT2D eigenvalue weighted by Gasteiger charge is -2.20. The Balaban J connectivity index is 4.64. The third-order valence-electron chi connectivity index (χ3n) is 8.77. The number of hydrogen-bond donors (Lipinski definition) is 6. The Morgan fingerprint density at radius 3 is 1.71 bits per heavy atom. The maximum absolute atomic E-state index is 12.6. The predicted molar refractivity (Wildman–Crippen MR) is 210 cm³/mol. The molecular formula is C38H74O15P2. The van der Waals surface area contributed by atoms with Crippen molar-refractivity contribution in [3.8, 4) is 0 Å². The van der Waals surface area contributed by atoms with Gasteiger partial charge in [-0.05, 0) is 44.4 Å². The maximum atomic E-state index is 12.6. The maximum Gasteiger partial charge on any atom is 0.472 e. The van der Waals surface area contributed by atoms with Gasteiger partial charge in [-0.3, -0.25) is 23.2 Å². The topological polar surface area (TPSA) is 236 Å². The van der Waals surface area contributed by atoms with Gasteiger partial charge in [0.15, 0.2) is 6.10 Å². The van der Waals surface area contributed by atoms with Crippen LogP contribution in [0.25, 0.3) is 0 Å². The molecule has 15 nitrogen and oxygen atoms in total. The minimum Gasteiger partial charge on any atom is -0.462 e. The van der Waals surface area contributed by atoms with Crippen molar-refractivity contribution >= 4 is 27.6 Å². The van der Waals surface area contributed by atoms with Gasteiger partial charge in [0.25, 0.3) is 0 Å². The summed E-state index contributed by atoms with van der Waals surface area (Å²) in [7, 11) is -9.71. The van der Waals surface area contributed by atoms with Crippen molar-refractivity contribution in [1.82, 2.24) is 0 Å². The molecule has 17 heteroatoms. The average molecular weight is 833 g/mol. The SMILES string of the molecule is CCCCC/C=C\C[C@@H](O)[C@H](O)CCCCCCCC(=O)OC[C@H](COP(=O)(O)OC[C@@H](O)COP(=O)(O)O)OC(=O)CCCCCCCCCCC(C)C. The van der Waals surface area contributed by atoms with Crippen molar-refractivity contribution in [2.24, 2.45) is 5.92 Å². The van der Waals surface area contributed by atoms with Gasteiger partial charge in [-0.25, -0.2) is 9.13 Å². The summed E-state index contributed by atoms with van der Waals surface area (Å²) in [6.07, 6.45) is 18.3. The van der Waals surface area contributed by atoms with Crippen molar-refractivity contribution in [3.63, 3.8) is 0 Å². The molecule has 0 spiro atoms. The Labute approximate surface area is 329 Å². The number of hydrogen-bond acceptors (Lipinski definition) is 12. The van der Waals surface area contributed by atoms with E-state index in [1.165, 1.54) is 32.1 Å². The van der Waals surface area contributed by atoms with Gasteiger partial charge in [0.1, 0.15) is 12.7 Å². The zero-order valence-corrected chi connectivity index (χ0v) is 35.5. The van der Waals surface area contributed by atoms with Gasteiger partial charge in [-0.15, -0.1) is 0 Å². The smallest absolute Gasteiger partial charge is 0.462 e. The number of rotatable bonds is 38. The Bertz CT molecular complexity index is 1080. The zero-order chi connectivity index (χ0) is 41.4. The highest BCUT2D eigenvalue weighted by atomic mass is 31.2. The number of allylic oxidation sites excluding steroid dienone is 1. The molecule has 0 rings (SSSR count). The third-order valence-corrected chi connectivity index (χ3v) is 10.2. The molecule has 0 saturated heterocycles. The molecule has 0 amide bonds. The molecule has 0 aromatic heterocycles. The second kappa shape index (κ2) is 33.7. The minimum atomic E-state index is -4.87. The first kappa shape index (κ1) is 53.8. The number of esters is 2. The Kier molecular flexibility index (Phi) is 33.0. The first-order valence-electron chi connectivity index (χ1n) is 20.4. The van der Waals surface area contributed by atoms with Crippen LogP contribution in [0.4, 0.5) is 0 Å². The average Bonchev–Trinajstić information content (AvgIpc) is 3.12. The fourth-order valence-corrected chi connectivity index (χ4v) is 6.65. The van der Waals surface area contributed by atoms with Crippen LogP contribution in [0.3, 0.4) is 0 Å². The van der Waals surface area contributed by atoms with Gasteiger partial charge in [-0.1, -0.05) is 123 Å². The summed E-state index contributed by atoms with van der Waals surface area (Å²) in [5.74, 6) is -0.418. The lowest BCUT2D eigenvalue weighted by Crippen LogP contribution is -2.30. The molecular weight excluding hydrogens is 758 g/mol. The van der Waals surface area contributed by atoms with Crippen molar-refractivity contribution < 1.29 is 71.8 Å². The largest absolute Gasteiger partial charge is 0.472 e. The van der Waals surface area contributed by atoms with Crippen LogP contribution in [0.5, 0.6) is 0 Å². The molecule has 0 aliphatic rings. The van der Waals surface area contributed by atoms with E-state index in [0.717, 1.165) is 76.5 Å². The summed E-state index contributed by atoms with van der Waals surface area (Å²) in [5, 5.41) is 30.1. The van der Waals surface area contributed by atoms with E-state index in [1.54, 1.807) is 0 Å². The molecule has 0 fully saturated rings. The van der Waals surface area contributed by atoms with Crippen LogP contribution in [0.1, 0.15) is 162 Å². The van der Waals surface area contributed by atoms with Gasteiger partial charge >= 0.3 is 27.6 Å². The van der Waals surface area contributed by atoms with Crippen molar-refractivity contribution in [2.45, 2.75) is 186 Å². The number of phosphoric ester groups is 2. The summed E-state index contributed by atoms with van der Waals surface area (Å²) in [6, 6.07) is 0. The van der Waals surface area contributed by atoms with Gasteiger partial charge in [-0.2, -0.15) is 0 Å². The molecule has 1 unspecified atom stereocenters. The highest BCUT2D eigenvalue weighted by molar-refractivity contribution is 7.47. The van der Waals surface area contributed by atoms with Crippen LogP contribution < -0.4 is 0 Å². The van der Waals surface area contributed by atoms with E-state index in [-0.39, 0.29) is 12.8 Å². The van der Waals surface area contributed by atoms with E-state index < -0.39 is 78.4 Å². The highest BCUT2D eigenvalue weighted by Gasteiger charge is 2.28. The van der Waals surface area contributed by atoms with Crippen LogP contribution in [0.2, 0.25) is 0 Å². The lowest BCUT2D eigenvalue weighted by molar-refractivity contribution is -0.161. The third kappa shape index (κ3) is 36.8. The molecule has 0 aliphatic carbocycles. The minimum absolute atomic E-state index is 0.0986. The first-order valence-corrected chi connectivity index (χ1v) is 23.4. The number of aliphatic hydroxyl groups excluding tert-OH is 3. The molecule has 5 atom stereocenters. The monoisotopic (exact) mass is 832 g/mol. The van der Waals surface area contributed by atoms with Crippen molar-refractivity contribution in [1.29, 1.82) is 0 Å². The standard InChI is InChI=1S/C38H74O15P2/c1-4-5-6-7-14-19-24-35(40)36(41)25-20-15-12-17-21-26-37(42)49-30-34(31-52-55(47,48)51-29-33(39)28-50-54(44,45)46)53-38(43)27-22-16-11-9-8-10-13-18-23-32(2)3/h14,19,32-36,39-41H,4-13,15-18,20-31H2,1-3H3,(H,47,48)(H2,44,45,46)/b19-14-/t33-,34+,35+,36+/m0/s1. The number of carbonyl (C=O) groups is 2. The van der Waals surface area contributed by atoms with Crippen LogP contribution in [-0.2, 0) is 41.8 Å². The molecule has 55 heavy (non-hydrogen) atoms. The van der Waals surface area contributed by atoms with Gasteiger partial charge in [0, 0.05) is 12.8 Å². The van der Waals surface area contributed by atoms with E-state index in [2.05, 4.69) is 35.9 Å². The fraction of sp³-hybridized carbons (Fsp3) is 0.895. The van der Waals surface area contributed by atoms with Crippen LogP contribution in [0, 0.1) is 5.92 Å². The molecule has 0 radical (unpaired) electrons. The van der Waals surface area contributed by atoms with Crippen LogP contribution >= 0.6 is 15.6 Å². The molecule has 0 heterocycles. The zero-order valence-electron chi connectivity index (χ0n) is 33.7. The Morgan fingerprint density at radius 1 is 0.600 bits per heavy atom. The van der Waals surface area contributed by atoms with Gasteiger partial charge < -0.3 is 39.5 Å². The van der Waals surface area contributed by atoms with Crippen molar-refractivity contribution in [2.75, 3.05) is 26.4 Å². The lowest BCUT2D eigenvalue weighted by atomic mass is 10.0. The summed E-state index contributed by atoms with van der Waals surface area (Å²) < 4.78 is 47.5. The fourth-order valence-electron chi connectivity index (χ4n) is 5.50. The number of carbonyl (C=O) groups excluding carboxylic acids is 2. The van der Waals surface area contributed by atoms with E-state index in [0.29, 0.717) is 25.7 Å². The summed E-state index contributed by atoms with van der Waals surface area (Å²) in [4.78, 5) is 52.5. The summed E-state index contributed by atoms with van der Waals surface area (Å²) in [6.45, 7) is 3.77. The van der Waals surface area contributed by atoms with Crippen LogP contribution in [0.15, 0.2) is 12.2 Å². The molecule has 326 valence electrons. The molecule has 0 aromatic carbocycles. The second-order valence-electron chi connectivity index (χ2n) is 14.7. The summed E-state index contributed by atoms with van der Waals surface area (Å²) >= 11 is 0. The Morgan fingerprint density at radius 2 is 1.13 bits per heavy atom. The summed E-state index contributed by atoms with van der Waals surface area (Å²) in [5.41, 5.74) is 0. The molecule has 0 bridgehead atoms. The normalized spacial score (nSPS) is 15.5. The van der Waals surface area contributed by atoms with Crippen molar-refractivity contribution in [3.05, 3.63) is 12.2 Å². The van der Waals surface area contributed by atoms with E-state index in [9.17, 15) is 38.9 Å². The molecule has 0 saturated carbocycles.